The van der Waals surface area contributed by atoms with Crippen LogP contribution in [0.4, 0.5) is 5.69 Å². The molecule has 3 N–H and O–H groups in total. The van der Waals surface area contributed by atoms with Crippen LogP contribution in [-0.2, 0) is 4.79 Å². The Morgan fingerprint density at radius 1 is 1.43 bits per heavy atom. The molecule has 1 amide bonds. The number of carbonyl (C=O) groups is 1. The fraction of sp³-hybridized carbons (Fsp3) is 0.300. The number of hydrogen-bond donors (Lipinski definition) is 2. The largest absolute Gasteiger partial charge is 0.319 e. The molecule has 2 atom stereocenters. The number of amides is 1. The van der Waals surface area contributed by atoms with Crippen LogP contribution < -0.4 is 10.8 Å². The lowest BCUT2D eigenvalue weighted by atomic mass is 9.88. The maximum Gasteiger partial charge on any atom is 0.268 e. The number of para-hydroxylation sites is 1. The summed E-state index contributed by atoms with van der Waals surface area (Å²) in [6, 6.07) is 6.56. The topological polar surface area (TPSA) is 66.6 Å². The van der Waals surface area contributed by atoms with Gasteiger partial charge in [0.2, 0.25) is 0 Å². The van der Waals surface area contributed by atoms with Gasteiger partial charge in [-0.2, -0.15) is 5.06 Å². The van der Waals surface area contributed by atoms with Crippen molar-refractivity contribution in [2.75, 3.05) is 5.06 Å². The predicted molar refractivity (Wildman–Crippen MR) is 52.1 cm³/mol. The Bertz CT molecular complexity index is 378. The van der Waals surface area contributed by atoms with Crippen LogP contribution in [0.2, 0.25) is 0 Å². The molecule has 0 saturated heterocycles. The molecule has 0 radical (unpaired) electrons. The standard InChI is InChI=1S/C10H12N2O2/c1-6-7-4-2-3-5-8(7)12(14)10(13)9(6)11/h2-6,9,14H,11H2,1H3/t6?,9-/m0/s1. The summed E-state index contributed by atoms with van der Waals surface area (Å²) in [6.45, 7) is 1.88. The summed E-state index contributed by atoms with van der Waals surface area (Å²) < 4.78 is 0. The molecule has 0 aliphatic carbocycles. The highest BCUT2D eigenvalue weighted by Crippen LogP contribution is 2.33. The van der Waals surface area contributed by atoms with Crippen molar-refractivity contribution in [3.05, 3.63) is 29.8 Å². The monoisotopic (exact) mass is 192 g/mol. The number of fused-ring (bicyclic) bond motifs is 1. The maximum atomic E-state index is 11.4. The first-order chi connectivity index (χ1) is 6.63. The van der Waals surface area contributed by atoms with Gasteiger partial charge in [-0.15, -0.1) is 0 Å². The molecule has 0 saturated carbocycles. The number of anilines is 1. The van der Waals surface area contributed by atoms with Crippen LogP contribution >= 0.6 is 0 Å². The molecule has 0 bridgehead atoms. The number of nitrogens with zero attached hydrogens (tertiary/aromatic N) is 1. The Balaban J connectivity index is 2.56. The van der Waals surface area contributed by atoms with Crippen molar-refractivity contribution in [1.82, 2.24) is 0 Å². The number of benzene rings is 1. The molecule has 2 rings (SSSR count). The Kier molecular flexibility index (Phi) is 2.02. The minimum absolute atomic E-state index is 0.0536. The summed E-state index contributed by atoms with van der Waals surface area (Å²) in [5, 5.41) is 10.2. The molecule has 0 spiro atoms. The highest BCUT2D eigenvalue weighted by molar-refractivity contribution is 5.98. The fourth-order valence-corrected chi connectivity index (χ4v) is 1.73. The van der Waals surface area contributed by atoms with Gasteiger partial charge in [-0.1, -0.05) is 25.1 Å². The summed E-state index contributed by atoms with van der Waals surface area (Å²) in [5.41, 5.74) is 7.11. The van der Waals surface area contributed by atoms with Crippen LogP contribution in [0, 0.1) is 0 Å². The molecule has 14 heavy (non-hydrogen) atoms. The first-order valence-corrected chi connectivity index (χ1v) is 4.50. The van der Waals surface area contributed by atoms with Crippen LogP contribution in [0.15, 0.2) is 24.3 Å². The van der Waals surface area contributed by atoms with Gasteiger partial charge in [-0.05, 0) is 11.6 Å². The highest BCUT2D eigenvalue weighted by Gasteiger charge is 2.34. The van der Waals surface area contributed by atoms with Gasteiger partial charge in [0.15, 0.2) is 0 Å². The third-order valence-corrected chi connectivity index (χ3v) is 2.69. The van der Waals surface area contributed by atoms with Gasteiger partial charge in [-0.3, -0.25) is 10.0 Å². The number of nitrogens with two attached hydrogens (primary N) is 1. The molecule has 4 heteroatoms. The van der Waals surface area contributed by atoms with E-state index >= 15 is 0 Å². The second kappa shape index (κ2) is 3.08. The SMILES string of the molecule is CC1c2ccccc2N(O)C(=O)[C@H]1N. The third-order valence-electron chi connectivity index (χ3n) is 2.69. The molecule has 74 valence electrons. The second-order valence-electron chi connectivity index (χ2n) is 3.52. The smallest absolute Gasteiger partial charge is 0.268 e. The molecular weight excluding hydrogens is 180 g/mol. The summed E-state index contributed by atoms with van der Waals surface area (Å²) in [5.74, 6) is -0.502. The maximum absolute atomic E-state index is 11.4. The Morgan fingerprint density at radius 3 is 2.79 bits per heavy atom. The van der Waals surface area contributed by atoms with Crippen molar-refractivity contribution in [2.45, 2.75) is 18.9 Å². The third kappa shape index (κ3) is 1.12. The van der Waals surface area contributed by atoms with Gasteiger partial charge in [0.1, 0.15) is 0 Å². The number of hydroxylamine groups is 1. The molecule has 1 aromatic rings. The van der Waals surface area contributed by atoms with Crippen molar-refractivity contribution >= 4 is 11.6 Å². The van der Waals surface area contributed by atoms with Crippen LogP contribution in [0.3, 0.4) is 0 Å². The molecule has 1 aliphatic heterocycles. The minimum atomic E-state index is -0.658. The molecule has 4 nitrogen and oxygen atoms in total. The normalized spacial score (nSPS) is 26.2. The van der Waals surface area contributed by atoms with Crippen LogP contribution in [0.25, 0.3) is 0 Å². The van der Waals surface area contributed by atoms with E-state index < -0.39 is 11.9 Å². The first kappa shape index (κ1) is 9.18. The molecule has 1 heterocycles. The van der Waals surface area contributed by atoms with Gasteiger partial charge in [0.05, 0.1) is 11.7 Å². The van der Waals surface area contributed by atoms with E-state index in [1.807, 2.05) is 19.1 Å². The molecular formula is C10H12N2O2. The van der Waals surface area contributed by atoms with Gasteiger partial charge in [0, 0.05) is 5.92 Å². The zero-order chi connectivity index (χ0) is 10.3. The Labute approximate surface area is 81.9 Å². The van der Waals surface area contributed by atoms with Crippen molar-refractivity contribution < 1.29 is 10.0 Å². The summed E-state index contributed by atoms with van der Waals surface area (Å²) >= 11 is 0. The Hall–Kier alpha value is -1.39. The van der Waals surface area contributed by atoms with Crippen molar-refractivity contribution in [3.63, 3.8) is 0 Å². The van der Waals surface area contributed by atoms with E-state index in [4.69, 9.17) is 5.73 Å². The number of rotatable bonds is 0. The average molecular weight is 192 g/mol. The molecule has 1 aromatic carbocycles. The Morgan fingerprint density at radius 2 is 2.07 bits per heavy atom. The van der Waals surface area contributed by atoms with Gasteiger partial charge in [0.25, 0.3) is 5.91 Å². The fourth-order valence-electron chi connectivity index (χ4n) is 1.73. The number of hydrogen-bond acceptors (Lipinski definition) is 3. The van der Waals surface area contributed by atoms with Crippen molar-refractivity contribution in [3.8, 4) is 0 Å². The quantitative estimate of drug-likeness (QED) is 0.599. The van der Waals surface area contributed by atoms with E-state index in [1.54, 1.807) is 12.1 Å². The van der Waals surface area contributed by atoms with Crippen molar-refractivity contribution in [2.24, 2.45) is 5.73 Å². The van der Waals surface area contributed by atoms with E-state index in [1.165, 1.54) is 0 Å². The zero-order valence-electron chi connectivity index (χ0n) is 7.84. The summed E-state index contributed by atoms with van der Waals surface area (Å²) in [4.78, 5) is 11.4. The second-order valence-corrected chi connectivity index (χ2v) is 3.52. The minimum Gasteiger partial charge on any atom is -0.319 e. The van der Waals surface area contributed by atoms with E-state index in [0.29, 0.717) is 10.8 Å². The van der Waals surface area contributed by atoms with E-state index in [0.717, 1.165) is 5.56 Å². The van der Waals surface area contributed by atoms with E-state index in [9.17, 15) is 10.0 Å². The first-order valence-electron chi connectivity index (χ1n) is 4.50. The van der Waals surface area contributed by atoms with E-state index in [2.05, 4.69) is 0 Å². The summed E-state index contributed by atoms with van der Waals surface area (Å²) in [7, 11) is 0. The molecule has 0 aromatic heterocycles. The van der Waals surface area contributed by atoms with E-state index in [-0.39, 0.29) is 5.92 Å². The number of carbonyl (C=O) groups excluding carboxylic acids is 1. The van der Waals surface area contributed by atoms with Crippen LogP contribution in [-0.4, -0.2) is 17.2 Å². The van der Waals surface area contributed by atoms with Crippen LogP contribution in [0.5, 0.6) is 0 Å². The lowest BCUT2D eigenvalue weighted by Crippen LogP contribution is -2.49. The van der Waals surface area contributed by atoms with Gasteiger partial charge >= 0.3 is 0 Å². The molecule has 1 aliphatic rings. The molecule has 0 fully saturated rings. The van der Waals surface area contributed by atoms with Crippen molar-refractivity contribution in [1.29, 1.82) is 0 Å². The summed E-state index contributed by atoms with van der Waals surface area (Å²) in [6.07, 6.45) is 0. The van der Waals surface area contributed by atoms with Crippen LogP contribution in [0.1, 0.15) is 18.4 Å². The average Bonchev–Trinajstić information content (AvgIpc) is 2.23. The zero-order valence-corrected chi connectivity index (χ0v) is 7.84. The lowest BCUT2D eigenvalue weighted by Gasteiger charge is -2.32. The predicted octanol–water partition coefficient (Wildman–Crippen LogP) is 0.853. The lowest BCUT2D eigenvalue weighted by molar-refractivity contribution is -0.125. The molecule has 1 unspecified atom stereocenters. The van der Waals surface area contributed by atoms with Gasteiger partial charge < -0.3 is 5.73 Å². The highest BCUT2D eigenvalue weighted by atomic mass is 16.5. The van der Waals surface area contributed by atoms with Gasteiger partial charge in [-0.25, -0.2) is 0 Å².